The van der Waals surface area contributed by atoms with Crippen LogP contribution in [-0.4, -0.2) is 54.0 Å². The Morgan fingerprint density at radius 3 is 2.73 bits per heavy atom. The van der Waals surface area contributed by atoms with E-state index >= 15 is 0 Å². The van der Waals surface area contributed by atoms with E-state index in [9.17, 15) is 14.4 Å². The van der Waals surface area contributed by atoms with Crippen molar-refractivity contribution in [3.8, 4) is 0 Å². The number of carbonyl (C=O) groups is 3. The molecule has 3 aliphatic rings. The number of allylic oxidation sites excluding steroid dienone is 4. The predicted molar refractivity (Wildman–Crippen MR) is 176 cm³/mol. The lowest BCUT2D eigenvalue weighted by Crippen LogP contribution is -2.47. The van der Waals surface area contributed by atoms with E-state index in [-0.39, 0.29) is 35.6 Å². The lowest BCUT2D eigenvalue weighted by atomic mass is 9.71. The highest BCUT2D eigenvalue weighted by molar-refractivity contribution is 7.20. The van der Waals surface area contributed by atoms with Crippen LogP contribution in [0.1, 0.15) is 66.4 Å². The van der Waals surface area contributed by atoms with Gasteiger partial charge in [-0.15, -0.1) is 11.3 Å². The Morgan fingerprint density at radius 2 is 1.93 bits per heavy atom. The third-order valence-electron chi connectivity index (χ3n) is 9.47. The Hall–Kier alpha value is -4.51. The van der Waals surface area contributed by atoms with Crippen LogP contribution >= 0.6 is 11.3 Å². The van der Waals surface area contributed by atoms with E-state index in [1.165, 1.54) is 22.5 Å². The number of nitrogens with two attached hydrogens (primary N) is 2. The zero-order valence-corrected chi connectivity index (χ0v) is 26.2. The minimum atomic E-state index is -0.866. The Bertz CT molecular complexity index is 1710. The van der Waals surface area contributed by atoms with Gasteiger partial charge in [0.15, 0.2) is 16.8 Å². The van der Waals surface area contributed by atoms with Crippen molar-refractivity contribution in [1.82, 2.24) is 15.6 Å². The molecule has 0 spiro atoms. The highest BCUT2D eigenvalue weighted by Crippen LogP contribution is 2.58. The molecule has 45 heavy (non-hydrogen) atoms. The Kier molecular flexibility index (Phi) is 8.22. The number of guanidine groups is 1. The molecule has 2 aromatic carbocycles. The molecule has 234 valence electrons. The lowest BCUT2D eigenvalue weighted by molar-refractivity contribution is -0.122. The lowest BCUT2D eigenvalue weighted by Gasteiger charge is -2.34. The van der Waals surface area contributed by atoms with Gasteiger partial charge in [-0.25, -0.2) is 9.78 Å². The van der Waals surface area contributed by atoms with Gasteiger partial charge in [0.2, 0.25) is 5.91 Å². The number of thiazole rings is 1. The number of alkyl carbamates (subject to hydrolysis) is 1. The number of fused-ring (bicyclic) bond motifs is 4. The second-order valence-corrected chi connectivity index (χ2v) is 13.4. The van der Waals surface area contributed by atoms with Crippen molar-refractivity contribution in [2.75, 3.05) is 13.2 Å². The van der Waals surface area contributed by atoms with E-state index in [0.29, 0.717) is 30.8 Å². The number of aromatic nitrogens is 1. The number of hydrogen-bond donors (Lipinski definition) is 4. The maximum atomic E-state index is 13.8. The first-order chi connectivity index (χ1) is 21.6. The highest BCUT2D eigenvalue weighted by Gasteiger charge is 2.60. The Labute approximate surface area is 266 Å². The quantitative estimate of drug-likeness (QED) is 0.104. The molecular weight excluding hydrogens is 588 g/mol. The second-order valence-electron chi connectivity index (χ2n) is 12.4. The minimum absolute atomic E-state index is 0.000611. The summed E-state index contributed by atoms with van der Waals surface area (Å²) in [5, 5.41) is 6.07. The van der Waals surface area contributed by atoms with E-state index in [1.54, 1.807) is 6.92 Å². The van der Waals surface area contributed by atoms with Crippen LogP contribution in [-0.2, 0) is 9.53 Å². The number of rotatable bonds is 11. The molecule has 0 saturated heterocycles. The molecule has 1 fully saturated rings. The van der Waals surface area contributed by atoms with Gasteiger partial charge in [-0.1, -0.05) is 61.5 Å². The molecule has 10 nitrogen and oxygen atoms in total. The molecule has 2 amide bonds. The summed E-state index contributed by atoms with van der Waals surface area (Å²) in [5.74, 6) is -0.497. The van der Waals surface area contributed by atoms with Crippen LogP contribution in [0.5, 0.6) is 0 Å². The predicted octanol–water partition coefficient (Wildman–Crippen LogP) is 4.67. The fraction of sp³-hybridized carbons (Fsp3) is 0.382. The topological polar surface area (TPSA) is 162 Å². The number of nitrogens with one attached hydrogen (secondary N) is 2. The summed E-state index contributed by atoms with van der Waals surface area (Å²) in [4.78, 5) is 48.5. The zero-order valence-electron chi connectivity index (χ0n) is 25.4. The fourth-order valence-corrected chi connectivity index (χ4v) is 7.84. The number of Topliss-reactive ketones (excluding diaryl/α,β-unsaturated/α-hetero) is 1. The first kappa shape index (κ1) is 30.5. The molecule has 6 N–H and O–H groups in total. The van der Waals surface area contributed by atoms with Gasteiger partial charge in [-0.2, -0.15) is 0 Å². The average molecular weight is 627 g/mol. The molecule has 4 unspecified atom stereocenters. The summed E-state index contributed by atoms with van der Waals surface area (Å²) in [6.45, 7) is 4.38. The summed E-state index contributed by atoms with van der Waals surface area (Å²) in [6, 6.07) is 14.6. The highest BCUT2D eigenvalue weighted by atomic mass is 32.1. The summed E-state index contributed by atoms with van der Waals surface area (Å²) >= 11 is 1.35. The molecule has 1 aromatic heterocycles. The summed E-state index contributed by atoms with van der Waals surface area (Å²) < 4.78 is 6.64. The van der Waals surface area contributed by atoms with Crippen molar-refractivity contribution in [3.05, 3.63) is 82.9 Å². The number of ketones is 1. The van der Waals surface area contributed by atoms with Crippen molar-refractivity contribution in [2.24, 2.45) is 27.3 Å². The van der Waals surface area contributed by atoms with Crippen molar-refractivity contribution in [1.29, 1.82) is 0 Å². The molecule has 3 aromatic rings. The van der Waals surface area contributed by atoms with Gasteiger partial charge in [0.05, 0.1) is 15.6 Å². The van der Waals surface area contributed by atoms with Crippen LogP contribution in [0.2, 0.25) is 0 Å². The zero-order chi connectivity index (χ0) is 31.8. The maximum Gasteiger partial charge on any atom is 0.407 e. The molecular formula is C34H38N6O4S. The number of amides is 2. The normalized spacial score (nSPS) is 25.0. The van der Waals surface area contributed by atoms with Crippen LogP contribution < -0.4 is 22.1 Å². The van der Waals surface area contributed by atoms with Gasteiger partial charge in [0, 0.05) is 23.9 Å². The number of hydrogen-bond acceptors (Lipinski definition) is 7. The molecule has 1 heterocycles. The Balaban J connectivity index is 1.08. The SMILES string of the molecule is C[C@@H](NC(=O)OCC1c2ccccc2C2=CC=CCC21C)C(=O)NC1CC1(CCCN=C(N)N)C(=O)c1nc2ccccc2s1. The van der Waals surface area contributed by atoms with Crippen LogP contribution in [0.15, 0.2) is 71.8 Å². The average Bonchev–Trinajstić information content (AvgIpc) is 3.42. The standard InChI is InChI=1S/C34H38N6O4S/c1-20(38-32(43)44-19-24-22-11-4-3-10-21(22)23-12-7-8-15-33(23,24)2)29(42)40-27-18-34(27,16-9-17-37-31(35)36)28(41)30-39-25-13-5-6-14-26(25)45-30/h3-8,10-14,20,24,27H,9,15-19H2,1-2H3,(H,38,43)(H,40,42)(H4,35,36,37)/t20-,24?,27?,33?,34?/m1/s1. The molecule has 0 aliphatic heterocycles. The van der Waals surface area contributed by atoms with E-state index < -0.39 is 23.6 Å². The summed E-state index contributed by atoms with van der Waals surface area (Å²) in [5.41, 5.74) is 14.3. The van der Waals surface area contributed by atoms with Crippen LogP contribution in [0, 0.1) is 10.8 Å². The van der Waals surface area contributed by atoms with Gasteiger partial charge in [0.25, 0.3) is 0 Å². The largest absolute Gasteiger partial charge is 0.449 e. The monoisotopic (exact) mass is 626 g/mol. The van der Waals surface area contributed by atoms with Gasteiger partial charge >= 0.3 is 6.09 Å². The molecule has 5 atom stereocenters. The van der Waals surface area contributed by atoms with E-state index in [0.717, 1.165) is 22.2 Å². The van der Waals surface area contributed by atoms with E-state index in [1.807, 2.05) is 36.4 Å². The number of aliphatic imine (C=N–C) groups is 1. The van der Waals surface area contributed by atoms with Gasteiger partial charge in [0.1, 0.15) is 12.6 Å². The summed E-state index contributed by atoms with van der Waals surface area (Å²) in [7, 11) is 0. The molecule has 6 rings (SSSR count). The number of nitrogens with zero attached hydrogens (tertiary/aromatic N) is 2. The van der Waals surface area contributed by atoms with Gasteiger partial charge < -0.3 is 26.8 Å². The van der Waals surface area contributed by atoms with Crippen LogP contribution in [0.4, 0.5) is 4.79 Å². The Morgan fingerprint density at radius 1 is 1.16 bits per heavy atom. The molecule has 1 saturated carbocycles. The maximum absolute atomic E-state index is 13.8. The van der Waals surface area contributed by atoms with E-state index in [4.69, 9.17) is 16.2 Å². The number of ether oxygens (including phenoxy) is 1. The smallest absolute Gasteiger partial charge is 0.407 e. The van der Waals surface area contributed by atoms with Crippen molar-refractivity contribution in [2.45, 2.75) is 57.5 Å². The third kappa shape index (κ3) is 5.84. The number of para-hydroxylation sites is 1. The van der Waals surface area contributed by atoms with Crippen LogP contribution in [0.3, 0.4) is 0 Å². The van der Waals surface area contributed by atoms with Gasteiger partial charge in [-0.05, 0) is 61.4 Å². The van der Waals surface area contributed by atoms with Crippen LogP contribution in [0.25, 0.3) is 15.8 Å². The first-order valence-corrected chi connectivity index (χ1v) is 16.1. The molecule has 11 heteroatoms. The summed E-state index contributed by atoms with van der Waals surface area (Å²) in [6.07, 6.45) is 8.09. The van der Waals surface area contributed by atoms with E-state index in [2.05, 4.69) is 57.9 Å². The number of benzene rings is 2. The van der Waals surface area contributed by atoms with Crippen molar-refractivity contribution >= 4 is 50.9 Å². The molecule has 3 aliphatic carbocycles. The second kappa shape index (κ2) is 12.1. The number of carbonyl (C=O) groups excluding carboxylic acids is 3. The van der Waals surface area contributed by atoms with Crippen molar-refractivity contribution < 1.29 is 19.1 Å². The third-order valence-corrected chi connectivity index (χ3v) is 10.5. The van der Waals surface area contributed by atoms with Gasteiger partial charge in [-0.3, -0.25) is 14.6 Å². The minimum Gasteiger partial charge on any atom is -0.449 e. The molecule has 0 bridgehead atoms. The fourth-order valence-electron chi connectivity index (χ4n) is 6.83. The van der Waals surface area contributed by atoms with Crippen molar-refractivity contribution in [3.63, 3.8) is 0 Å². The first-order valence-electron chi connectivity index (χ1n) is 15.3. The molecule has 0 radical (unpaired) electrons.